The molecule has 1 fully saturated rings. The van der Waals surface area contributed by atoms with Crippen LogP contribution in [0, 0.1) is 0 Å². The Morgan fingerprint density at radius 2 is 1.94 bits per heavy atom. The molecule has 2 nitrogen and oxygen atoms in total. The van der Waals surface area contributed by atoms with Crippen molar-refractivity contribution in [3.05, 3.63) is 35.9 Å². The smallest absolute Gasteiger partial charge is 0.315 e. The number of halogens is 3. The van der Waals surface area contributed by atoms with Gasteiger partial charge in [0.1, 0.15) is 0 Å². The van der Waals surface area contributed by atoms with E-state index in [-0.39, 0.29) is 6.54 Å². The zero-order chi connectivity index (χ0) is 13.0. The van der Waals surface area contributed by atoms with Crippen molar-refractivity contribution in [1.29, 1.82) is 0 Å². The zero-order valence-electron chi connectivity index (χ0n) is 10.1. The van der Waals surface area contributed by atoms with Gasteiger partial charge in [-0.2, -0.15) is 13.2 Å². The van der Waals surface area contributed by atoms with Crippen LogP contribution in [0.5, 0.6) is 0 Å². The van der Waals surface area contributed by atoms with Crippen LogP contribution in [0.2, 0.25) is 0 Å². The van der Waals surface area contributed by atoms with E-state index in [1.807, 2.05) is 6.07 Å². The predicted molar refractivity (Wildman–Crippen MR) is 63.9 cm³/mol. The predicted octanol–water partition coefficient (Wildman–Crippen LogP) is 2.76. The van der Waals surface area contributed by atoms with E-state index in [2.05, 4.69) is 5.32 Å². The van der Waals surface area contributed by atoms with Crippen molar-refractivity contribution in [3.63, 3.8) is 0 Å². The standard InChI is InChI=1S/C13H17F3N2/c14-13(15,16)18(12-7-4-8-17-9-12)10-11-5-2-1-3-6-11/h1-3,5-6,12,17H,4,7-10H2/t12-/m1/s1. The summed E-state index contributed by atoms with van der Waals surface area (Å²) >= 11 is 0. The van der Waals surface area contributed by atoms with E-state index in [1.165, 1.54) is 0 Å². The molecular formula is C13H17F3N2. The van der Waals surface area contributed by atoms with E-state index in [4.69, 9.17) is 0 Å². The fraction of sp³-hybridized carbons (Fsp3) is 0.538. The molecule has 0 spiro atoms. The first-order valence-electron chi connectivity index (χ1n) is 6.15. The number of benzene rings is 1. The third-order valence-corrected chi connectivity index (χ3v) is 3.23. The van der Waals surface area contributed by atoms with Crippen LogP contribution in [0.4, 0.5) is 13.2 Å². The molecule has 0 radical (unpaired) electrons. The lowest BCUT2D eigenvalue weighted by molar-refractivity contribution is -0.263. The minimum absolute atomic E-state index is 0.0727. The van der Waals surface area contributed by atoms with Crippen LogP contribution in [0.25, 0.3) is 0 Å². The Morgan fingerprint density at radius 3 is 2.50 bits per heavy atom. The molecule has 0 aliphatic carbocycles. The van der Waals surface area contributed by atoms with Crippen molar-refractivity contribution in [2.45, 2.75) is 31.7 Å². The van der Waals surface area contributed by atoms with Gasteiger partial charge in [-0.15, -0.1) is 0 Å². The normalized spacial score (nSPS) is 21.2. The highest BCUT2D eigenvalue weighted by molar-refractivity contribution is 5.14. The highest BCUT2D eigenvalue weighted by Crippen LogP contribution is 2.28. The van der Waals surface area contributed by atoms with Gasteiger partial charge in [0.15, 0.2) is 0 Å². The Kier molecular flexibility index (Phi) is 4.24. The van der Waals surface area contributed by atoms with Gasteiger partial charge in [-0.05, 0) is 24.9 Å². The summed E-state index contributed by atoms with van der Waals surface area (Å²) < 4.78 is 39.3. The van der Waals surface area contributed by atoms with Gasteiger partial charge in [0.2, 0.25) is 0 Å². The van der Waals surface area contributed by atoms with Crippen molar-refractivity contribution in [2.24, 2.45) is 0 Å². The molecule has 2 rings (SSSR count). The Bertz CT molecular complexity index is 358. The van der Waals surface area contributed by atoms with Crippen LogP contribution in [0.3, 0.4) is 0 Å². The molecule has 100 valence electrons. The van der Waals surface area contributed by atoms with Gasteiger partial charge in [0.05, 0.1) is 0 Å². The van der Waals surface area contributed by atoms with Crippen LogP contribution < -0.4 is 5.32 Å². The summed E-state index contributed by atoms with van der Waals surface area (Å²) in [6, 6.07) is 8.35. The monoisotopic (exact) mass is 258 g/mol. The molecule has 1 N–H and O–H groups in total. The first-order chi connectivity index (χ1) is 8.57. The van der Waals surface area contributed by atoms with E-state index in [9.17, 15) is 13.2 Å². The molecule has 0 saturated carbocycles. The maximum absolute atomic E-state index is 13.1. The fourth-order valence-corrected chi connectivity index (χ4v) is 2.31. The van der Waals surface area contributed by atoms with Crippen LogP contribution in [-0.2, 0) is 6.54 Å². The summed E-state index contributed by atoms with van der Waals surface area (Å²) in [5.41, 5.74) is 0.695. The second kappa shape index (κ2) is 5.71. The van der Waals surface area contributed by atoms with Gasteiger partial charge in [0.25, 0.3) is 0 Å². The fourth-order valence-electron chi connectivity index (χ4n) is 2.31. The lowest BCUT2D eigenvalue weighted by atomic mass is 10.1. The number of nitrogens with one attached hydrogen (secondary N) is 1. The summed E-state index contributed by atoms with van der Waals surface area (Å²) in [5.74, 6) is 0. The summed E-state index contributed by atoms with van der Waals surface area (Å²) in [6.07, 6.45) is -2.88. The third-order valence-electron chi connectivity index (χ3n) is 3.23. The summed E-state index contributed by atoms with van der Waals surface area (Å²) in [7, 11) is 0. The molecule has 1 aliphatic rings. The summed E-state index contributed by atoms with van der Waals surface area (Å²) in [5, 5.41) is 3.03. The average molecular weight is 258 g/mol. The molecular weight excluding hydrogens is 241 g/mol. The zero-order valence-corrected chi connectivity index (χ0v) is 10.1. The van der Waals surface area contributed by atoms with Crippen molar-refractivity contribution in [3.8, 4) is 0 Å². The van der Waals surface area contributed by atoms with Crippen LogP contribution >= 0.6 is 0 Å². The third kappa shape index (κ3) is 3.46. The Morgan fingerprint density at radius 1 is 1.22 bits per heavy atom. The van der Waals surface area contributed by atoms with Gasteiger partial charge in [-0.1, -0.05) is 30.3 Å². The van der Waals surface area contributed by atoms with Gasteiger partial charge in [0, 0.05) is 19.1 Å². The van der Waals surface area contributed by atoms with E-state index in [0.29, 0.717) is 23.4 Å². The van der Waals surface area contributed by atoms with Crippen LogP contribution in [0.1, 0.15) is 18.4 Å². The largest absolute Gasteiger partial charge is 0.460 e. The molecule has 0 bridgehead atoms. The highest BCUT2D eigenvalue weighted by atomic mass is 19.4. The topological polar surface area (TPSA) is 15.3 Å². The molecule has 0 aromatic heterocycles. The Balaban J connectivity index is 2.10. The molecule has 1 saturated heterocycles. The van der Waals surface area contributed by atoms with Crippen molar-refractivity contribution >= 4 is 0 Å². The van der Waals surface area contributed by atoms with Gasteiger partial charge < -0.3 is 5.32 Å². The van der Waals surface area contributed by atoms with E-state index in [1.54, 1.807) is 24.3 Å². The lowest BCUT2D eigenvalue weighted by Gasteiger charge is -2.35. The molecule has 0 unspecified atom stereocenters. The lowest BCUT2D eigenvalue weighted by Crippen LogP contribution is -2.51. The van der Waals surface area contributed by atoms with Crippen molar-refractivity contribution in [1.82, 2.24) is 10.2 Å². The molecule has 0 amide bonds. The van der Waals surface area contributed by atoms with E-state index >= 15 is 0 Å². The maximum Gasteiger partial charge on any atom is 0.460 e. The first-order valence-corrected chi connectivity index (χ1v) is 6.15. The molecule has 1 aliphatic heterocycles. The molecule has 1 atom stereocenters. The van der Waals surface area contributed by atoms with Crippen molar-refractivity contribution < 1.29 is 13.2 Å². The highest BCUT2D eigenvalue weighted by Gasteiger charge is 2.41. The van der Waals surface area contributed by atoms with Gasteiger partial charge >= 0.3 is 6.30 Å². The first kappa shape index (κ1) is 13.4. The molecule has 18 heavy (non-hydrogen) atoms. The quantitative estimate of drug-likeness (QED) is 0.839. The average Bonchev–Trinajstić information content (AvgIpc) is 2.37. The van der Waals surface area contributed by atoms with Crippen LogP contribution in [-0.4, -0.2) is 30.3 Å². The number of hydrogen-bond donors (Lipinski definition) is 1. The number of piperidine rings is 1. The van der Waals surface area contributed by atoms with Gasteiger partial charge in [-0.3, -0.25) is 0 Å². The molecule has 1 aromatic carbocycles. The minimum Gasteiger partial charge on any atom is -0.315 e. The molecule has 1 aromatic rings. The number of alkyl halides is 3. The Hall–Kier alpha value is -1.07. The van der Waals surface area contributed by atoms with Gasteiger partial charge in [-0.25, -0.2) is 4.90 Å². The SMILES string of the molecule is FC(F)(F)N(Cc1ccccc1)[C@@H]1CCCNC1. The van der Waals surface area contributed by atoms with Crippen molar-refractivity contribution in [2.75, 3.05) is 13.1 Å². The van der Waals surface area contributed by atoms with E-state index < -0.39 is 12.3 Å². The summed E-state index contributed by atoms with van der Waals surface area (Å²) in [6.45, 7) is 1.15. The molecule has 5 heteroatoms. The minimum atomic E-state index is -4.28. The second-order valence-corrected chi connectivity index (χ2v) is 4.58. The number of nitrogens with zero attached hydrogens (tertiary/aromatic N) is 1. The number of hydrogen-bond acceptors (Lipinski definition) is 2. The number of rotatable bonds is 3. The molecule has 1 heterocycles. The van der Waals surface area contributed by atoms with Crippen LogP contribution in [0.15, 0.2) is 30.3 Å². The Labute approximate surface area is 105 Å². The summed E-state index contributed by atoms with van der Waals surface area (Å²) in [4.78, 5) is 0.647. The van der Waals surface area contributed by atoms with E-state index in [0.717, 1.165) is 13.0 Å². The second-order valence-electron chi connectivity index (χ2n) is 4.58. The maximum atomic E-state index is 13.1.